The Morgan fingerprint density at radius 2 is 2.00 bits per heavy atom. The highest BCUT2D eigenvalue weighted by molar-refractivity contribution is 5.82. The van der Waals surface area contributed by atoms with Crippen molar-refractivity contribution >= 4 is 11.9 Å². The first-order valence-electron chi connectivity index (χ1n) is 10.7. The molecule has 1 aliphatic heterocycles. The Kier molecular flexibility index (Phi) is 8.09. The molecule has 0 radical (unpaired) electrons. The lowest BCUT2D eigenvalue weighted by atomic mass is 9.76. The number of carbonyl (C=O) groups excluding carboxylic acids is 2. The van der Waals surface area contributed by atoms with Gasteiger partial charge in [0.2, 0.25) is 0 Å². The summed E-state index contributed by atoms with van der Waals surface area (Å²) >= 11 is 0. The van der Waals surface area contributed by atoms with Gasteiger partial charge in [-0.05, 0) is 57.4 Å². The predicted octanol–water partition coefficient (Wildman–Crippen LogP) is 5.53. The van der Waals surface area contributed by atoms with Gasteiger partial charge in [-0.1, -0.05) is 45.1 Å². The zero-order chi connectivity index (χ0) is 20.7. The van der Waals surface area contributed by atoms with Gasteiger partial charge in [0.05, 0.1) is 5.41 Å². The molecule has 28 heavy (non-hydrogen) atoms. The third kappa shape index (κ3) is 6.08. The maximum Gasteiger partial charge on any atom is 0.330 e. The number of hydrogen-bond acceptors (Lipinski definition) is 4. The highest BCUT2D eigenvalue weighted by Crippen LogP contribution is 2.38. The number of hydrogen-bond donors (Lipinski definition) is 0. The van der Waals surface area contributed by atoms with Crippen LogP contribution >= 0.6 is 0 Å². The molecule has 0 saturated heterocycles. The van der Waals surface area contributed by atoms with Crippen molar-refractivity contribution in [2.45, 2.75) is 85.4 Å². The Labute approximate surface area is 170 Å². The summed E-state index contributed by atoms with van der Waals surface area (Å²) in [5.74, 6) is 0.672. The number of carbonyl (C=O) groups is 2. The minimum absolute atomic E-state index is 0.0389. The third-order valence-corrected chi connectivity index (χ3v) is 6.00. The van der Waals surface area contributed by atoms with E-state index in [4.69, 9.17) is 9.47 Å². The van der Waals surface area contributed by atoms with Gasteiger partial charge in [-0.2, -0.15) is 0 Å². The van der Waals surface area contributed by atoms with E-state index in [1.54, 1.807) is 0 Å². The second-order valence-corrected chi connectivity index (χ2v) is 8.75. The van der Waals surface area contributed by atoms with Crippen LogP contribution in [-0.2, 0) is 19.1 Å². The first-order valence-corrected chi connectivity index (χ1v) is 10.7. The molecule has 4 atom stereocenters. The van der Waals surface area contributed by atoms with E-state index < -0.39 is 0 Å². The van der Waals surface area contributed by atoms with Gasteiger partial charge in [0.25, 0.3) is 0 Å². The van der Waals surface area contributed by atoms with Crippen molar-refractivity contribution in [1.29, 1.82) is 0 Å². The van der Waals surface area contributed by atoms with Crippen molar-refractivity contribution in [3.8, 4) is 0 Å². The number of fused-ring (bicyclic) bond motifs is 1. The van der Waals surface area contributed by atoms with Crippen LogP contribution in [-0.4, -0.2) is 24.1 Å². The summed E-state index contributed by atoms with van der Waals surface area (Å²) in [4.78, 5) is 22.8. The van der Waals surface area contributed by atoms with Crippen molar-refractivity contribution in [3.05, 3.63) is 36.0 Å². The van der Waals surface area contributed by atoms with Gasteiger partial charge in [0.15, 0.2) is 0 Å². The van der Waals surface area contributed by atoms with Gasteiger partial charge in [-0.25, -0.2) is 4.79 Å². The molecule has 0 aromatic rings. The maximum absolute atomic E-state index is 12.3. The van der Waals surface area contributed by atoms with Crippen molar-refractivity contribution in [2.24, 2.45) is 17.3 Å². The lowest BCUT2D eigenvalue weighted by Gasteiger charge is -2.37. The number of cyclic esters (lactones) is 1. The van der Waals surface area contributed by atoms with E-state index in [1.165, 1.54) is 11.6 Å². The first-order chi connectivity index (χ1) is 13.3. The molecular formula is C24H36O4. The second kappa shape index (κ2) is 10.1. The number of rotatable bonds is 4. The van der Waals surface area contributed by atoms with Crippen molar-refractivity contribution < 1.29 is 19.1 Å². The summed E-state index contributed by atoms with van der Waals surface area (Å²) in [7, 11) is 0. The van der Waals surface area contributed by atoms with Gasteiger partial charge in [-0.3, -0.25) is 4.79 Å². The maximum atomic E-state index is 12.3. The fourth-order valence-corrected chi connectivity index (χ4v) is 3.68. The molecule has 0 aromatic carbocycles. The van der Waals surface area contributed by atoms with Crippen LogP contribution in [0, 0.1) is 17.3 Å². The molecular weight excluding hydrogens is 352 g/mol. The standard InChI is InChI=1S/C17H26O2.C7H10O2/c1-5-17(3,4)16(18)19-15-11-12(2)10-13-8-6-7-9-14(13)15;1-2-6-4-3-5-7(8)9-6/h6,8,10,12,14-15H,5,7,9,11H2,1-4H3;3,5-6H,2,4H2,1H3. The van der Waals surface area contributed by atoms with Gasteiger partial charge in [0, 0.05) is 18.4 Å². The van der Waals surface area contributed by atoms with Crippen LogP contribution in [0.4, 0.5) is 0 Å². The van der Waals surface area contributed by atoms with E-state index in [-0.39, 0.29) is 29.6 Å². The van der Waals surface area contributed by atoms with Crippen LogP contribution in [0.2, 0.25) is 0 Å². The highest BCUT2D eigenvalue weighted by Gasteiger charge is 2.36. The molecule has 0 amide bonds. The minimum Gasteiger partial charge on any atom is -0.461 e. The van der Waals surface area contributed by atoms with E-state index in [0.29, 0.717) is 11.8 Å². The Morgan fingerprint density at radius 3 is 2.61 bits per heavy atom. The smallest absolute Gasteiger partial charge is 0.330 e. The molecule has 4 nitrogen and oxygen atoms in total. The first kappa shape index (κ1) is 22.4. The van der Waals surface area contributed by atoms with Crippen molar-refractivity contribution in [3.63, 3.8) is 0 Å². The van der Waals surface area contributed by atoms with E-state index in [2.05, 4.69) is 25.2 Å². The molecule has 0 fully saturated rings. The van der Waals surface area contributed by atoms with E-state index >= 15 is 0 Å². The van der Waals surface area contributed by atoms with Crippen LogP contribution in [0.3, 0.4) is 0 Å². The normalized spacial score (nSPS) is 29.0. The summed E-state index contributed by atoms with van der Waals surface area (Å²) in [6.07, 6.45) is 16.1. The Bertz CT molecular complexity index is 641. The molecule has 0 saturated carbocycles. The summed E-state index contributed by atoms with van der Waals surface area (Å²) in [6.45, 7) is 10.2. The Balaban J connectivity index is 0.000000261. The van der Waals surface area contributed by atoms with Crippen LogP contribution in [0.15, 0.2) is 36.0 Å². The number of allylic oxidation sites excluding steroid dienone is 3. The monoisotopic (exact) mass is 388 g/mol. The SMILES string of the molecule is CCC(C)(C)C(=O)OC1CC(C)C=C2C=CCCC21.CCC1CC=CC(=O)O1. The fourth-order valence-electron chi connectivity index (χ4n) is 3.68. The number of esters is 2. The van der Waals surface area contributed by atoms with E-state index in [1.807, 2.05) is 33.8 Å². The van der Waals surface area contributed by atoms with Crippen LogP contribution in [0.5, 0.6) is 0 Å². The molecule has 0 aromatic heterocycles. The topological polar surface area (TPSA) is 52.6 Å². The predicted molar refractivity (Wildman–Crippen MR) is 112 cm³/mol. The quantitative estimate of drug-likeness (QED) is 0.594. The van der Waals surface area contributed by atoms with Crippen molar-refractivity contribution in [1.82, 2.24) is 0 Å². The molecule has 4 heteroatoms. The average molecular weight is 389 g/mol. The molecule has 1 heterocycles. The molecule has 2 aliphatic carbocycles. The highest BCUT2D eigenvalue weighted by atomic mass is 16.5. The molecule has 3 aliphatic rings. The zero-order valence-electron chi connectivity index (χ0n) is 18.1. The largest absolute Gasteiger partial charge is 0.461 e. The van der Waals surface area contributed by atoms with Gasteiger partial charge in [0.1, 0.15) is 12.2 Å². The molecule has 3 rings (SSSR count). The fraction of sp³-hybridized carbons (Fsp3) is 0.667. The minimum atomic E-state index is -0.366. The van der Waals surface area contributed by atoms with E-state index in [9.17, 15) is 9.59 Å². The lowest BCUT2D eigenvalue weighted by molar-refractivity contribution is -0.163. The summed E-state index contributed by atoms with van der Waals surface area (Å²) in [5.41, 5.74) is 1.01. The third-order valence-electron chi connectivity index (χ3n) is 6.00. The summed E-state index contributed by atoms with van der Waals surface area (Å²) in [5, 5.41) is 0. The van der Waals surface area contributed by atoms with Crippen molar-refractivity contribution in [2.75, 3.05) is 0 Å². The van der Waals surface area contributed by atoms with Crippen LogP contribution < -0.4 is 0 Å². The van der Waals surface area contributed by atoms with Gasteiger partial charge in [-0.15, -0.1) is 0 Å². The zero-order valence-corrected chi connectivity index (χ0v) is 18.1. The number of ether oxygens (including phenoxy) is 2. The van der Waals surface area contributed by atoms with E-state index in [0.717, 1.165) is 38.5 Å². The molecule has 0 spiro atoms. The van der Waals surface area contributed by atoms with Gasteiger partial charge < -0.3 is 9.47 Å². The van der Waals surface area contributed by atoms with Gasteiger partial charge >= 0.3 is 11.9 Å². The Hall–Kier alpha value is -1.84. The molecule has 0 bridgehead atoms. The lowest BCUT2D eigenvalue weighted by Crippen LogP contribution is -2.37. The van der Waals surface area contributed by atoms with Crippen LogP contribution in [0.25, 0.3) is 0 Å². The van der Waals surface area contributed by atoms with Crippen LogP contribution in [0.1, 0.15) is 73.1 Å². The second-order valence-electron chi connectivity index (χ2n) is 8.75. The molecule has 4 unspecified atom stereocenters. The molecule has 156 valence electrons. The summed E-state index contributed by atoms with van der Waals surface area (Å²) in [6, 6.07) is 0. The summed E-state index contributed by atoms with van der Waals surface area (Å²) < 4.78 is 10.8. The molecule has 0 N–H and O–H groups in total. The Morgan fingerprint density at radius 1 is 1.25 bits per heavy atom. The average Bonchev–Trinajstić information content (AvgIpc) is 2.68.